The van der Waals surface area contributed by atoms with Gasteiger partial charge in [-0.1, -0.05) is 17.8 Å². The molecular formula is C14H17F2N3O2S. The highest BCUT2D eigenvalue weighted by Crippen LogP contribution is 2.27. The summed E-state index contributed by atoms with van der Waals surface area (Å²) in [6.07, 6.45) is 2.32. The summed E-state index contributed by atoms with van der Waals surface area (Å²) >= 11 is 0.409. The highest BCUT2D eigenvalue weighted by molar-refractivity contribution is 7.99. The van der Waals surface area contributed by atoms with Crippen LogP contribution in [0.15, 0.2) is 29.2 Å². The molecule has 3 amide bonds. The van der Waals surface area contributed by atoms with Crippen LogP contribution in [0.25, 0.3) is 0 Å². The Morgan fingerprint density at radius 1 is 1.36 bits per heavy atom. The first-order valence-electron chi connectivity index (χ1n) is 6.95. The second-order valence-electron chi connectivity index (χ2n) is 4.84. The van der Waals surface area contributed by atoms with E-state index in [1.807, 2.05) is 0 Å². The van der Waals surface area contributed by atoms with E-state index in [2.05, 4.69) is 16.0 Å². The Hall–Kier alpha value is -1.83. The molecule has 1 heterocycles. The van der Waals surface area contributed by atoms with E-state index in [0.717, 1.165) is 12.8 Å². The highest BCUT2D eigenvalue weighted by Gasteiger charge is 2.22. The molecule has 3 N–H and O–H groups in total. The molecule has 0 radical (unpaired) electrons. The van der Waals surface area contributed by atoms with Crippen molar-refractivity contribution in [3.63, 3.8) is 0 Å². The fourth-order valence-corrected chi connectivity index (χ4v) is 2.71. The van der Waals surface area contributed by atoms with Crippen molar-refractivity contribution in [1.82, 2.24) is 10.6 Å². The predicted molar refractivity (Wildman–Crippen MR) is 81.1 cm³/mol. The van der Waals surface area contributed by atoms with Gasteiger partial charge in [0, 0.05) is 17.1 Å². The Morgan fingerprint density at radius 2 is 2.18 bits per heavy atom. The molecule has 22 heavy (non-hydrogen) atoms. The smallest absolute Gasteiger partial charge is 0.319 e. The van der Waals surface area contributed by atoms with Gasteiger partial charge in [0.15, 0.2) is 0 Å². The van der Waals surface area contributed by atoms with Crippen LogP contribution >= 0.6 is 11.8 Å². The fourth-order valence-electron chi connectivity index (χ4n) is 2.15. The van der Waals surface area contributed by atoms with Gasteiger partial charge in [-0.3, -0.25) is 4.79 Å². The zero-order chi connectivity index (χ0) is 15.9. The monoisotopic (exact) mass is 329 g/mol. The lowest BCUT2D eigenvalue weighted by atomic mass is 10.1. The normalized spacial score (nSPS) is 18.5. The highest BCUT2D eigenvalue weighted by atomic mass is 32.2. The van der Waals surface area contributed by atoms with Crippen molar-refractivity contribution in [2.75, 3.05) is 11.9 Å². The van der Waals surface area contributed by atoms with Crippen LogP contribution < -0.4 is 16.0 Å². The van der Waals surface area contributed by atoms with Crippen molar-refractivity contribution in [2.24, 2.45) is 0 Å². The van der Waals surface area contributed by atoms with Gasteiger partial charge in [-0.2, -0.15) is 8.78 Å². The maximum Gasteiger partial charge on any atom is 0.319 e. The van der Waals surface area contributed by atoms with Crippen LogP contribution in [0.1, 0.15) is 19.3 Å². The fraction of sp³-hybridized carbons (Fsp3) is 0.429. The lowest BCUT2D eigenvalue weighted by molar-refractivity contribution is -0.122. The number of thioether (sulfide) groups is 1. The van der Waals surface area contributed by atoms with Gasteiger partial charge in [-0.25, -0.2) is 4.79 Å². The van der Waals surface area contributed by atoms with Crippen LogP contribution in [-0.4, -0.2) is 30.3 Å². The summed E-state index contributed by atoms with van der Waals surface area (Å²) in [5, 5.41) is 7.88. The van der Waals surface area contributed by atoms with E-state index in [0.29, 0.717) is 35.3 Å². The number of hydrogen-bond donors (Lipinski definition) is 3. The number of urea groups is 1. The van der Waals surface area contributed by atoms with Gasteiger partial charge in [0.05, 0.1) is 0 Å². The summed E-state index contributed by atoms with van der Waals surface area (Å²) < 4.78 is 24.6. The van der Waals surface area contributed by atoms with Gasteiger partial charge < -0.3 is 16.0 Å². The number of amides is 3. The minimum atomic E-state index is -2.52. The number of anilines is 1. The summed E-state index contributed by atoms with van der Waals surface area (Å²) in [6, 6.07) is 5.09. The number of benzene rings is 1. The lowest BCUT2D eigenvalue weighted by Crippen LogP contribution is -2.47. The number of carbonyl (C=O) groups excluding carboxylic acids is 2. The summed E-state index contributed by atoms with van der Waals surface area (Å²) in [4.78, 5) is 24.0. The molecule has 0 aliphatic carbocycles. The summed E-state index contributed by atoms with van der Waals surface area (Å²) in [7, 11) is 0. The minimum absolute atomic E-state index is 0.199. The molecule has 1 aromatic carbocycles. The zero-order valence-electron chi connectivity index (χ0n) is 11.8. The standard InChI is InChI=1S/C14H17F2N3O2S/c15-13(16)22-10-5-3-4-9(8-10)18-14(21)19-11-6-1-2-7-17-12(11)20/h3-5,8,11,13H,1-2,6-7H2,(H,17,20)(H2,18,19,21)/t11-/m1/s1. The van der Waals surface area contributed by atoms with Crippen LogP contribution in [0.5, 0.6) is 0 Å². The molecule has 5 nitrogen and oxygen atoms in total. The van der Waals surface area contributed by atoms with Gasteiger partial charge in [0.25, 0.3) is 5.76 Å². The van der Waals surface area contributed by atoms with Crippen LogP contribution in [0, 0.1) is 0 Å². The van der Waals surface area contributed by atoms with Crippen molar-refractivity contribution < 1.29 is 18.4 Å². The Labute approximate surface area is 131 Å². The molecular weight excluding hydrogens is 312 g/mol. The molecule has 0 saturated carbocycles. The molecule has 1 fully saturated rings. The summed E-state index contributed by atoms with van der Waals surface area (Å²) in [5.74, 6) is -2.71. The second-order valence-corrected chi connectivity index (χ2v) is 5.91. The van der Waals surface area contributed by atoms with Crippen molar-refractivity contribution in [3.05, 3.63) is 24.3 Å². The Balaban J connectivity index is 1.92. The number of halogens is 2. The van der Waals surface area contributed by atoms with Crippen LogP contribution in [-0.2, 0) is 4.79 Å². The van der Waals surface area contributed by atoms with Crippen molar-refractivity contribution in [3.8, 4) is 0 Å². The Morgan fingerprint density at radius 3 is 2.95 bits per heavy atom. The van der Waals surface area contributed by atoms with Gasteiger partial charge in [-0.05, 0) is 37.5 Å². The topological polar surface area (TPSA) is 70.2 Å². The van der Waals surface area contributed by atoms with Crippen LogP contribution in [0.2, 0.25) is 0 Å². The quantitative estimate of drug-likeness (QED) is 0.744. The number of rotatable bonds is 4. The minimum Gasteiger partial charge on any atom is -0.354 e. The molecule has 0 unspecified atom stereocenters. The lowest BCUT2D eigenvalue weighted by Gasteiger charge is -2.16. The summed E-state index contributed by atoms with van der Waals surface area (Å²) in [5.41, 5.74) is 0.400. The zero-order valence-corrected chi connectivity index (χ0v) is 12.6. The van der Waals surface area contributed by atoms with Gasteiger partial charge >= 0.3 is 6.03 Å². The first-order chi connectivity index (χ1) is 10.5. The van der Waals surface area contributed by atoms with E-state index in [-0.39, 0.29) is 5.91 Å². The molecule has 1 atom stereocenters. The van der Waals surface area contributed by atoms with E-state index in [1.165, 1.54) is 6.07 Å². The van der Waals surface area contributed by atoms with Gasteiger partial charge in [0.1, 0.15) is 6.04 Å². The van der Waals surface area contributed by atoms with E-state index in [4.69, 9.17) is 0 Å². The number of hydrogen-bond acceptors (Lipinski definition) is 3. The van der Waals surface area contributed by atoms with Crippen LogP contribution in [0.3, 0.4) is 0 Å². The van der Waals surface area contributed by atoms with E-state index >= 15 is 0 Å². The predicted octanol–water partition coefficient (Wildman–Crippen LogP) is 2.79. The maximum atomic E-state index is 12.3. The molecule has 1 saturated heterocycles. The summed E-state index contributed by atoms with van der Waals surface area (Å²) in [6.45, 7) is 0.617. The second kappa shape index (κ2) is 7.98. The third-order valence-electron chi connectivity index (χ3n) is 3.16. The van der Waals surface area contributed by atoms with Crippen molar-refractivity contribution >= 4 is 29.4 Å². The average Bonchev–Trinajstić information content (AvgIpc) is 2.64. The molecule has 120 valence electrons. The first-order valence-corrected chi connectivity index (χ1v) is 7.82. The third-order valence-corrected chi connectivity index (χ3v) is 3.86. The third kappa shape index (κ3) is 5.18. The van der Waals surface area contributed by atoms with E-state index in [1.54, 1.807) is 18.2 Å². The average molecular weight is 329 g/mol. The first kappa shape index (κ1) is 16.5. The molecule has 0 aromatic heterocycles. The maximum absolute atomic E-state index is 12.3. The number of alkyl halides is 2. The molecule has 0 bridgehead atoms. The van der Waals surface area contributed by atoms with Crippen molar-refractivity contribution in [1.29, 1.82) is 0 Å². The SMILES string of the molecule is O=C(Nc1cccc(SC(F)F)c1)N[C@@H]1CCCCNC1=O. The Bertz CT molecular complexity index is 543. The Kier molecular flexibility index (Phi) is 6.00. The number of carbonyl (C=O) groups is 2. The van der Waals surface area contributed by atoms with Crippen molar-refractivity contribution in [2.45, 2.75) is 36.0 Å². The molecule has 8 heteroatoms. The molecule has 1 aromatic rings. The van der Waals surface area contributed by atoms with E-state index < -0.39 is 17.8 Å². The van der Waals surface area contributed by atoms with Gasteiger partial charge in [-0.15, -0.1) is 0 Å². The molecule has 1 aliphatic heterocycles. The number of nitrogens with one attached hydrogen (secondary N) is 3. The largest absolute Gasteiger partial charge is 0.354 e. The molecule has 1 aliphatic rings. The van der Waals surface area contributed by atoms with Gasteiger partial charge in [0.2, 0.25) is 5.91 Å². The van der Waals surface area contributed by atoms with Crippen LogP contribution in [0.4, 0.5) is 19.3 Å². The molecule has 2 rings (SSSR count). The molecule has 0 spiro atoms. The van der Waals surface area contributed by atoms with E-state index in [9.17, 15) is 18.4 Å².